The van der Waals surface area contributed by atoms with Crippen LogP contribution in [0.1, 0.15) is 21.5 Å². The molecule has 0 saturated carbocycles. The van der Waals surface area contributed by atoms with Crippen molar-refractivity contribution in [3.05, 3.63) is 63.1 Å². The first kappa shape index (κ1) is 14.7. The van der Waals surface area contributed by atoms with Gasteiger partial charge in [-0.25, -0.2) is 4.79 Å². The standard InChI is InChI=1S/C15H12Cl2O3/c1-9-3-2-4-11(14(9)18)15(19)20-8-10-5-6-12(16)13(17)7-10/h2-7,18H,8H2,1H3. The van der Waals surface area contributed by atoms with Crippen LogP contribution in [-0.4, -0.2) is 11.1 Å². The maximum Gasteiger partial charge on any atom is 0.342 e. The molecule has 0 aliphatic rings. The van der Waals surface area contributed by atoms with E-state index in [9.17, 15) is 9.90 Å². The van der Waals surface area contributed by atoms with Crippen LogP contribution in [0.5, 0.6) is 5.75 Å². The number of para-hydroxylation sites is 1. The number of hydrogen-bond acceptors (Lipinski definition) is 3. The summed E-state index contributed by atoms with van der Waals surface area (Å²) in [6, 6.07) is 9.90. The van der Waals surface area contributed by atoms with Gasteiger partial charge in [0.2, 0.25) is 0 Å². The second-order valence-electron chi connectivity index (χ2n) is 4.30. The highest BCUT2D eigenvalue weighted by molar-refractivity contribution is 6.42. The van der Waals surface area contributed by atoms with Gasteiger partial charge in [0, 0.05) is 0 Å². The van der Waals surface area contributed by atoms with Crippen LogP contribution < -0.4 is 0 Å². The monoisotopic (exact) mass is 310 g/mol. The highest BCUT2D eigenvalue weighted by atomic mass is 35.5. The Kier molecular flexibility index (Phi) is 4.53. The van der Waals surface area contributed by atoms with Gasteiger partial charge in [0.15, 0.2) is 0 Å². The lowest BCUT2D eigenvalue weighted by atomic mass is 10.1. The van der Waals surface area contributed by atoms with Gasteiger partial charge in [0.1, 0.15) is 17.9 Å². The van der Waals surface area contributed by atoms with Crippen LogP contribution in [-0.2, 0) is 11.3 Å². The molecule has 0 fully saturated rings. The molecule has 0 amide bonds. The number of esters is 1. The number of aryl methyl sites for hydroxylation is 1. The number of phenolic OH excluding ortho intramolecular Hbond substituents is 1. The Morgan fingerprint density at radius 3 is 2.65 bits per heavy atom. The van der Waals surface area contributed by atoms with Crippen molar-refractivity contribution >= 4 is 29.2 Å². The van der Waals surface area contributed by atoms with Crippen LogP contribution in [0.3, 0.4) is 0 Å². The molecule has 0 saturated heterocycles. The van der Waals surface area contributed by atoms with E-state index < -0.39 is 5.97 Å². The predicted octanol–water partition coefficient (Wildman–Crippen LogP) is 4.36. The van der Waals surface area contributed by atoms with Gasteiger partial charge in [0.25, 0.3) is 0 Å². The zero-order valence-electron chi connectivity index (χ0n) is 10.7. The van der Waals surface area contributed by atoms with Crippen LogP contribution in [0.15, 0.2) is 36.4 Å². The molecule has 2 aromatic carbocycles. The molecule has 20 heavy (non-hydrogen) atoms. The molecule has 0 unspecified atom stereocenters. The van der Waals surface area contributed by atoms with Gasteiger partial charge in [-0.05, 0) is 36.2 Å². The summed E-state index contributed by atoms with van der Waals surface area (Å²) >= 11 is 11.7. The highest BCUT2D eigenvalue weighted by Gasteiger charge is 2.14. The van der Waals surface area contributed by atoms with Crippen molar-refractivity contribution in [1.29, 1.82) is 0 Å². The van der Waals surface area contributed by atoms with Crippen LogP contribution >= 0.6 is 23.2 Å². The molecule has 0 radical (unpaired) electrons. The van der Waals surface area contributed by atoms with E-state index in [0.717, 1.165) is 5.56 Å². The smallest absolute Gasteiger partial charge is 0.342 e. The summed E-state index contributed by atoms with van der Waals surface area (Å²) in [7, 11) is 0. The number of rotatable bonds is 3. The summed E-state index contributed by atoms with van der Waals surface area (Å²) in [6.07, 6.45) is 0. The van der Waals surface area contributed by atoms with Gasteiger partial charge in [-0.15, -0.1) is 0 Å². The van der Waals surface area contributed by atoms with Crippen LogP contribution in [0.25, 0.3) is 0 Å². The third-order valence-corrected chi connectivity index (χ3v) is 3.55. The Bertz CT molecular complexity index is 654. The second-order valence-corrected chi connectivity index (χ2v) is 5.11. The quantitative estimate of drug-likeness (QED) is 0.857. The van der Waals surface area contributed by atoms with Gasteiger partial charge in [0.05, 0.1) is 10.0 Å². The summed E-state index contributed by atoms with van der Waals surface area (Å²) in [4.78, 5) is 11.9. The van der Waals surface area contributed by atoms with Crippen molar-refractivity contribution < 1.29 is 14.6 Å². The molecule has 1 N–H and O–H groups in total. The Hall–Kier alpha value is -1.71. The van der Waals surface area contributed by atoms with E-state index in [1.807, 2.05) is 0 Å². The lowest BCUT2D eigenvalue weighted by Gasteiger charge is -2.08. The van der Waals surface area contributed by atoms with Gasteiger partial charge in [-0.2, -0.15) is 0 Å². The fourth-order valence-electron chi connectivity index (χ4n) is 1.68. The Morgan fingerprint density at radius 1 is 1.20 bits per heavy atom. The van der Waals surface area contributed by atoms with Crippen molar-refractivity contribution in [2.45, 2.75) is 13.5 Å². The van der Waals surface area contributed by atoms with Crippen molar-refractivity contribution in [3.63, 3.8) is 0 Å². The Morgan fingerprint density at radius 2 is 1.95 bits per heavy atom. The maximum absolute atomic E-state index is 11.9. The zero-order chi connectivity index (χ0) is 14.7. The van der Waals surface area contributed by atoms with E-state index in [1.54, 1.807) is 37.3 Å². The summed E-state index contributed by atoms with van der Waals surface area (Å²) in [5.74, 6) is -0.649. The van der Waals surface area contributed by atoms with Gasteiger partial charge < -0.3 is 9.84 Å². The van der Waals surface area contributed by atoms with Crippen LogP contribution in [0, 0.1) is 6.92 Å². The molecule has 0 aliphatic carbocycles. The fraction of sp³-hybridized carbons (Fsp3) is 0.133. The molecule has 0 heterocycles. The molecule has 2 rings (SSSR count). The van der Waals surface area contributed by atoms with E-state index in [1.165, 1.54) is 6.07 Å². The average molecular weight is 311 g/mol. The number of halogens is 2. The zero-order valence-corrected chi connectivity index (χ0v) is 12.2. The van der Waals surface area contributed by atoms with Crippen LogP contribution in [0.2, 0.25) is 10.0 Å². The molecule has 5 heteroatoms. The number of carbonyl (C=O) groups is 1. The van der Waals surface area contributed by atoms with Gasteiger partial charge in [-0.3, -0.25) is 0 Å². The van der Waals surface area contributed by atoms with Crippen molar-refractivity contribution in [2.24, 2.45) is 0 Å². The number of carbonyl (C=O) groups excluding carboxylic acids is 1. The molecule has 0 aromatic heterocycles. The lowest BCUT2D eigenvalue weighted by molar-refractivity contribution is 0.0469. The number of hydrogen-bond donors (Lipinski definition) is 1. The minimum absolute atomic E-state index is 0.0586. The van der Waals surface area contributed by atoms with Crippen molar-refractivity contribution in [2.75, 3.05) is 0 Å². The first-order valence-corrected chi connectivity index (χ1v) is 6.64. The Balaban J connectivity index is 2.08. The predicted molar refractivity (Wildman–Crippen MR) is 78.4 cm³/mol. The fourth-order valence-corrected chi connectivity index (χ4v) is 2.00. The SMILES string of the molecule is Cc1cccc(C(=O)OCc2ccc(Cl)c(Cl)c2)c1O. The largest absolute Gasteiger partial charge is 0.507 e. The molecule has 0 atom stereocenters. The molecular formula is C15H12Cl2O3. The summed E-state index contributed by atoms with van der Waals surface area (Å²) in [6.45, 7) is 1.77. The second kappa shape index (κ2) is 6.16. The van der Waals surface area contributed by atoms with E-state index in [0.29, 0.717) is 15.6 Å². The Labute approximate surface area is 126 Å². The maximum atomic E-state index is 11.9. The lowest BCUT2D eigenvalue weighted by Crippen LogP contribution is -2.06. The van der Waals surface area contributed by atoms with E-state index in [-0.39, 0.29) is 17.9 Å². The first-order chi connectivity index (χ1) is 9.49. The van der Waals surface area contributed by atoms with E-state index in [2.05, 4.69) is 0 Å². The molecule has 3 nitrogen and oxygen atoms in total. The minimum Gasteiger partial charge on any atom is -0.507 e. The van der Waals surface area contributed by atoms with Gasteiger partial charge in [-0.1, -0.05) is 41.4 Å². The molecule has 0 spiro atoms. The van der Waals surface area contributed by atoms with Crippen molar-refractivity contribution in [1.82, 2.24) is 0 Å². The minimum atomic E-state index is -0.586. The molecule has 104 valence electrons. The molecule has 2 aromatic rings. The highest BCUT2D eigenvalue weighted by Crippen LogP contribution is 2.24. The summed E-state index contributed by atoms with van der Waals surface area (Å²) in [5.41, 5.74) is 1.49. The molecule has 0 bridgehead atoms. The number of ether oxygens (including phenoxy) is 1. The molecular weight excluding hydrogens is 299 g/mol. The number of phenols is 1. The average Bonchev–Trinajstić information content (AvgIpc) is 2.43. The normalized spacial score (nSPS) is 10.3. The molecule has 0 aliphatic heterocycles. The topological polar surface area (TPSA) is 46.5 Å². The van der Waals surface area contributed by atoms with Gasteiger partial charge >= 0.3 is 5.97 Å². The third-order valence-electron chi connectivity index (χ3n) is 2.81. The number of aromatic hydroxyl groups is 1. The van der Waals surface area contributed by atoms with Crippen molar-refractivity contribution in [3.8, 4) is 5.75 Å². The number of benzene rings is 2. The first-order valence-electron chi connectivity index (χ1n) is 5.88. The van der Waals surface area contributed by atoms with Crippen LogP contribution in [0.4, 0.5) is 0 Å². The third kappa shape index (κ3) is 3.24. The summed E-state index contributed by atoms with van der Waals surface area (Å²) < 4.78 is 5.14. The summed E-state index contributed by atoms with van der Waals surface area (Å²) in [5, 5.41) is 10.7. The van der Waals surface area contributed by atoms with E-state index >= 15 is 0 Å². The van der Waals surface area contributed by atoms with E-state index in [4.69, 9.17) is 27.9 Å².